The first-order valence-electron chi connectivity index (χ1n) is 12.2. The van der Waals surface area contributed by atoms with Gasteiger partial charge in [-0.3, -0.25) is 19.3 Å². The highest BCUT2D eigenvalue weighted by Crippen LogP contribution is 2.53. The van der Waals surface area contributed by atoms with E-state index in [1.807, 2.05) is 17.1 Å². The van der Waals surface area contributed by atoms with Gasteiger partial charge >= 0.3 is 0 Å². The quantitative estimate of drug-likeness (QED) is 0.271. The lowest BCUT2D eigenvalue weighted by Crippen LogP contribution is -2.71. The molecule has 1 saturated carbocycles. The number of carbonyl (C=O) groups excluding carboxylic acids is 3. The number of rotatable bonds is 4. The molecule has 1 aromatic carbocycles. The molecule has 37 heavy (non-hydrogen) atoms. The van der Waals surface area contributed by atoms with E-state index in [1.165, 1.54) is 0 Å². The number of hydrogen-bond acceptors (Lipinski definition) is 9. The summed E-state index contributed by atoms with van der Waals surface area (Å²) >= 11 is 6.60. The van der Waals surface area contributed by atoms with E-state index in [-0.39, 0.29) is 29.7 Å². The SMILES string of the molecule is CN(C)[C@@H]1C(O)C(C(N)=O)C(=O)[C@@]2(O)C(O)=C3C(=O)c4c(O)c(CN5CC=CC5)cc(Cl)c4C[C@H]3C[C@@H]12. The topological polar surface area (TPSA) is 165 Å². The predicted octanol–water partition coefficient (Wildman–Crippen LogP) is 0.311. The molecule has 6 atom stereocenters. The maximum atomic E-state index is 13.8. The lowest BCUT2D eigenvalue weighted by atomic mass is 9.56. The Morgan fingerprint density at radius 1 is 1.24 bits per heavy atom. The zero-order valence-corrected chi connectivity index (χ0v) is 21.3. The zero-order valence-electron chi connectivity index (χ0n) is 20.5. The molecule has 1 aliphatic heterocycles. The van der Waals surface area contributed by atoms with E-state index >= 15 is 0 Å². The van der Waals surface area contributed by atoms with Gasteiger partial charge in [0.1, 0.15) is 17.4 Å². The first-order chi connectivity index (χ1) is 17.4. The number of amides is 1. The molecule has 0 radical (unpaired) electrons. The van der Waals surface area contributed by atoms with Gasteiger partial charge in [-0.25, -0.2) is 0 Å². The van der Waals surface area contributed by atoms with Crippen LogP contribution >= 0.6 is 11.6 Å². The zero-order chi connectivity index (χ0) is 27.0. The van der Waals surface area contributed by atoms with Crippen LogP contribution in [0.25, 0.3) is 0 Å². The van der Waals surface area contributed by atoms with Crippen molar-refractivity contribution in [2.45, 2.75) is 37.1 Å². The Labute approximate surface area is 218 Å². The maximum Gasteiger partial charge on any atom is 0.230 e. The first kappa shape index (κ1) is 25.9. The molecule has 0 aromatic heterocycles. The standard InChI is InChI=1S/C26H30ClN3O7/c1-29(2)19-14-8-11-7-13-15(27)9-12(10-30-5-3-4-6-30)20(31)17(13)21(32)16(11)23(34)26(14,37)24(35)18(22(19)33)25(28)36/h3-4,9,11,14,18-19,22,31,33-34,37H,5-8,10H2,1-2H3,(H2,28,36)/t11-,14-,18?,19-,22?,26-/m0/s1. The minimum absolute atomic E-state index is 0.0521. The number of carbonyl (C=O) groups is 3. The second-order valence-corrected chi connectivity index (χ2v) is 11.1. The van der Waals surface area contributed by atoms with Gasteiger partial charge in [0.2, 0.25) is 5.91 Å². The van der Waals surface area contributed by atoms with Crippen molar-refractivity contribution in [1.82, 2.24) is 9.80 Å². The number of likely N-dealkylation sites (N-methyl/N-ethyl adjacent to an activating group) is 1. The average molecular weight is 532 g/mol. The number of aliphatic hydroxyl groups excluding tert-OH is 2. The fourth-order valence-corrected chi connectivity index (χ4v) is 7.00. The van der Waals surface area contributed by atoms with Gasteiger partial charge in [0.05, 0.1) is 11.7 Å². The normalized spacial score (nSPS) is 33.5. The molecule has 3 aliphatic carbocycles. The lowest BCUT2D eigenvalue weighted by Gasteiger charge is -2.53. The summed E-state index contributed by atoms with van der Waals surface area (Å²) in [5.74, 6) is -7.56. The van der Waals surface area contributed by atoms with Gasteiger partial charge in [0, 0.05) is 47.8 Å². The smallest absolute Gasteiger partial charge is 0.230 e. The number of halogens is 1. The van der Waals surface area contributed by atoms with E-state index in [1.54, 1.807) is 25.1 Å². The number of fused-ring (bicyclic) bond motifs is 3. The molecule has 5 rings (SSSR count). The maximum absolute atomic E-state index is 13.8. The third-order valence-corrected chi connectivity index (χ3v) is 8.74. The molecule has 1 amide bonds. The molecule has 0 bridgehead atoms. The van der Waals surface area contributed by atoms with Crippen molar-refractivity contribution in [2.24, 2.45) is 23.5 Å². The van der Waals surface area contributed by atoms with Crippen LogP contribution in [0.15, 0.2) is 29.6 Å². The molecule has 10 nitrogen and oxygen atoms in total. The molecule has 0 spiro atoms. The van der Waals surface area contributed by atoms with Crippen molar-refractivity contribution < 1.29 is 34.8 Å². The molecule has 4 aliphatic rings. The number of allylic oxidation sites excluding steroid dienone is 1. The Kier molecular flexibility index (Phi) is 6.24. The first-order valence-corrected chi connectivity index (χ1v) is 12.6. The van der Waals surface area contributed by atoms with Crippen LogP contribution in [0.4, 0.5) is 0 Å². The van der Waals surface area contributed by atoms with Crippen LogP contribution in [0.5, 0.6) is 5.75 Å². The van der Waals surface area contributed by atoms with Crippen molar-refractivity contribution in [2.75, 3.05) is 27.2 Å². The molecule has 2 unspecified atom stereocenters. The molecule has 11 heteroatoms. The Morgan fingerprint density at radius 3 is 2.49 bits per heavy atom. The highest BCUT2D eigenvalue weighted by atomic mass is 35.5. The van der Waals surface area contributed by atoms with E-state index in [2.05, 4.69) is 0 Å². The summed E-state index contributed by atoms with van der Waals surface area (Å²) in [6.45, 7) is 1.72. The Morgan fingerprint density at radius 2 is 1.89 bits per heavy atom. The van der Waals surface area contributed by atoms with Gasteiger partial charge in [-0.1, -0.05) is 23.8 Å². The fourth-order valence-electron chi connectivity index (χ4n) is 6.69. The number of aromatic hydroxyl groups is 1. The van der Waals surface area contributed by atoms with Crippen molar-refractivity contribution in [3.8, 4) is 5.75 Å². The summed E-state index contributed by atoms with van der Waals surface area (Å²) in [5, 5.41) is 45.4. The Bertz CT molecular complexity index is 1270. The van der Waals surface area contributed by atoms with E-state index in [0.29, 0.717) is 35.8 Å². The number of hydrogen-bond donors (Lipinski definition) is 5. The molecule has 0 saturated heterocycles. The minimum Gasteiger partial charge on any atom is -0.508 e. The van der Waals surface area contributed by atoms with Crippen molar-refractivity contribution >= 4 is 29.1 Å². The van der Waals surface area contributed by atoms with Crippen molar-refractivity contribution in [3.05, 3.63) is 51.3 Å². The highest BCUT2D eigenvalue weighted by molar-refractivity contribution is 6.32. The molecule has 1 heterocycles. The molecule has 1 aromatic rings. The second-order valence-electron chi connectivity index (χ2n) is 10.7. The third kappa shape index (κ3) is 3.65. The lowest BCUT2D eigenvalue weighted by molar-refractivity contribution is -0.178. The van der Waals surface area contributed by atoms with E-state index in [9.17, 15) is 34.8 Å². The van der Waals surface area contributed by atoms with E-state index in [0.717, 1.165) is 0 Å². The summed E-state index contributed by atoms with van der Waals surface area (Å²) in [6, 6.07) is 0.726. The molecular weight excluding hydrogens is 502 g/mol. The van der Waals surface area contributed by atoms with E-state index in [4.69, 9.17) is 17.3 Å². The van der Waals surface area contributed by atoms with Gasteiger partial charge < -0.3 is 31.1 Å². The molecule has 6 N–H and O–H groups in total. The number of primary amides is 1. The van der Waals surface area contributed by atoms with Crippen LogP contribution < -0.4 is 5.73 Å². The average Bonchev–Trinajstić information content (AvgIpc) is 3.32. The monoisotopic (exact) mass is 531 g/mol. The number of Topliss-reactive ketones (excluding diaryl/α,β-unsaturated/α-hetero) is 2. The van der Waals surface area contributed by atoms with Crippen LogP contribution in [0.3, 0.4) is 0 Å². The van der Waals surface area contributed by atoms with Crippen LogP contribution in [0.1, 0.15) is 27.9 Å². The number of phenols is 1. The van der Waals surface area contributed by atoms with Gasteiger partial charge in [-0.15, -0.1) is 0 Å². The number of ketones is 2. The largest absolute Gasteiger partial charge is 0.508 e. The second kappa shape index (κ2) is 8.92. The van der Waals surface area contributed by atoms with Crippen LogP contribution in [-0.4, -0.2) is 92.6 Å². The molecular formula is C26H30ClN3O7. The third-order valence-electron chi connectivity index (χ3n) is 8.41. The van der Waals surface area contributed by atoms with Gasteiger partial charge in [0.25, 0.3) is 0 Å². The van der Waals surface area contributed by atoms with Gasteiger partial charge in [-0.05, 0) is 44.5 Å². The number of nitrogens with two attached hydrogens (primary N) is 1. The van der Waals surface area contributed by atoms with Gasteiger partial charge in [0.15, 0.2) is 17.2 Å². The number of benzene rings is 1. The van der Waals surface area contributed by atoms with Crippen molar-refractivity contribution in [3.63, 3.8) is 0 Å². The fraction of sp³-hybridized carbons (Fsp3) is 0.500. The summed E-state index contributed by atoms with van der Waals surface area (Å²) in [5.41, 5.74) is 3.43. The summed E-state index contributed by atoms with van der Waals surface area (Å²) < 4.78 is 0. The van der Waals surface area contributed by atoms with Crippen molar-refractivity contribution in [1.29, 1.82) is 0 Å². The summed E-state index contributed by atoms with van der Waals surface area (Å²) in [6.07, 6.45) is 2.70. The van der Waals surface area contributed by atoms with E-state index < -0.39 is 58.7 Å². The number of nitrogens with zero attached hydrogens (tertiary/aromatic N) is 2. The summed E-state index contributed by atoms with van der Waals surface area (Å²) in [4.78, 5) is 42.9. The Hall–Kier alpha value is -2.76. The number of aliphatic hydroxyl groups is 3. The van der Waals surface area contributed by atoms with Crippen LogP contribution in [-0.2, 0) is 22.6 Å². The van der Waals surface area contributed by atoms with Gasteiger partial charge in [-0.2, -0.15) is 0 Å². The highest BCUT2D eigenvalue weighted by Gasteiger charge is 2.66. The van der Waals surface area contributed by atoms with Crippen LogP contribution in [0.2, 0.25) is 5.02 Å². The molecule has 198 valence electrons. The minimum atomic E-state index is -2.61. The Balaban J connectivity index is 1.64. The van der Waals surface area contributed by atoms with Crippen LogP contribution in [0, 0.1) is 17.8 Å². The number of phenolic OH excluding ortho intramolecular Hbond substituents is 1. The molecule has 1 fully saturated rings. The predicted molar refractivity (Wildman–Crippen MR) is 133 cm³/mol. The summed E-state index contributed by atoms with van der Waals surface area (Å²) in [7, 11) is 3.23.